The van der Waals surface area contributed by atoms with Gasteiger partial charge in [-0.3, -0.25) is 0 Å². The summed E-state index contributed by atoms with van der Waals surface area (Å²) in [5.74, 6) is 0.294. The molecule has 0 aliphatic heterocycles. The predicted molar refractivity (Wildman–Crippen MR) is 76.2 cm³/mol. The number of imidazole rings is 1. The Hall–Kier alpha value is -2.84. The van der Waals surface area contributed by atoms with Crippen LogP contribution in [-0.4, -0.2) is 21.7 Å². The Bertz CT molecular complexity index is 681. The molecule has 2 aromatic rings. The lowest BCUT2D eigenvalue weighted by molar-refractivity contribution is -0.137. The number of nitrogens with two attached hydrogens (primary N) is 2. The number of hydrogen-bond donors (Lipinski definition) is 2. The van der Waals surface area contributed by atoms with Crippen LogP contribution in [0.15, 0.2) is 46.9 Å². The van der Waals surface area contributed by atoms with Crippen LogP contribution in [0, 0.1) is 0 Å². The summed E-state index contributed by atoms with van der Waals surface area (Å²) in [7, 11) is 0. The first-order valence-corrected chi connectivity index (χ1v) is 6.15. The third kappa shape index (κ3) is 4.08. The Labute approximate surface area is 124 Å². The molecule has 0 spiro atoms. The van der Waals surface area contributed by atoms with Crippen molar-refractivity contribution in [1.29, 1.82) is 0 Å². The minimum atomic E-state index is -4.34. The second kappa shape index (κ2) is 6.29. The lowest BCUT2D eigenvalue weighted by atomic mass is 10.1. The van der Waals surface area contributed by atoms with Gasteiger partial charge in [-0.1, -0.05) is 12.1 Å². The molecule has 0 saturated heterocycles. The first-order valence-electron chi connectivity index (χ1n) is 6.15. The summed E-state index contributed by atoms with van der Waals surface area (Å²) in [6.07, 6.45) is 0.227. The Kier molecular flexibility index (Phi) is 4.44. The highest BCUT2D eigenvalue weighted by Crippen LogP contribution is 2.29. The van der Waals surface area contributed by atoms with E-state index in [1.54, 1.807) is 17.0 Å². The number of alkyl halides is 3. The Balaban J connectivity index is 2.13. The number of rotatable bonds is 4. The first-order chi connectivity index (χ1) is 10.4. The average Bonchev–Trinajstić information content (AvgIpc) is 2.85. The van der Waals surface area contributed by atoms with E-state index in [0.717, 1.165) is 12.1 Å². The van der Waals surface area contributed by atoms with Crippen molar-refractivity contribution >= 4 is 12.2 Å². The van der Waals surface area contributed by atoms with Gasteiger partial charge in [0.2, 0.25) is 5.96 Å². The van der Waals surface area contributed by atoms with E-state index in [1.165, 1.54) is 18.3 Å². The van der Waals surface area contributed by atoms with E-state index >= 15 is 0 Å². The summed E-state index contributed by atoms with van der Waals surface area (Å²) in [5.41, 5.74) is 10.3. The fourth-order valence-electron chi connectivity index (χ4n) is 1.72. The van der Waals surface area contributed by atoms with Gasteiger partial charge >= 0.3 is 6.18 Å². The molecule has 0 bridgehead atoms. The summed E-state index contributed by atoms with van der Waals surface area (Å²) in [6, 6.07) is 4.92. The maximum atomic E-state index is 12.5. The van der Waals surface area contributed by atoms with Gasteiger partial charge in [-0.15, -0.1) is 5.10 Å². The van der Waals surface area contributed by atoms with Crippen LogP contribution in [0.1, 0.15) is 17.0 Å². The molecule has 0 radical (unpaired) electrons. The van der Waals surface area contributed by atoms with E-state index < -0.39 is 11.7 Å². The van der Waals surface area contributed by atoms with Crippen molar-refractivity contribution in [3.63, 3.8) is 0 Å². The fourth-order valence-corrected chi connectivity index (χ4v) is 1.72. The average molecular weight is 310 g/mol. The van der Waals surface area contributed by atoms with Crippen molar-refractivity contribution in [3.05, 3.63) is 53.6 Å². The lowest BCUT2D eigenvalue weighted by Crippen LogP contribution is -2.21. The number of nitrogens with zero attached hydrogens (tertiary/aromatic N) is 4. The minimum Gasteiger partial charge on any atom is -0.369 e. The molecule has 0 amide bonds. The SMILES string of the molecule is NC(N)=N/N=C/c1nccn1Cc1ccc(C(F)(F)F)cc1. The van der Waals surface area contributed by atoms with Gasteiger partial charge < -0.3 is 16.0 Å². The number of hydrogen-bond acceptors (Lipinski definition) is 3. The standard InChI is InChI=1S/C13H13F3N6/c14-13(15,16)10-3-1-9(2-4-10)8-22-6-5-19-11(22)7-20-21-12(17)18/h1-7H,8H2,(H4,17,18,21)/b20-7+. The summed E-state index contributed by atoms with van der Waals surface area (Å²) < 4.78 is 39.2. The zero-order chi connectivity index (χ0) is 16.2. The van der Waals surface area contributed by atoms with Crippen molar-refractivity contribution in [2.45, 2.75) is 12.7 Å². The van der Waals surface area contributed by atoms with Gasteiger partial charge in [0.15, 0.2) is 5.82 Å². The third-order valence-electron chi connectivity index (χ3n) is 2.73. The van der Waals surface area contributed by atoms with E-state index in [0.29, 0.717) is 17.9 Å². The van der Waals surface area contributed by atoms with Crippen LogP contribution in [-0.2, 0) is 12.7 Å². The second-order valence-electron chi connectivity index (χ2n) is 4.38. The Morgan fingerprint density at radius 2 is 1.91 bits per heavy atom. The molecule has 0 saturated carbocycles. The zero-order valence-electron chi connectivity index (χ0n) is 11.3. The maximum absolute atomic E-state index is 12.5. The van der Waals surface area contributed by atoms with Gasteiger partial charge in [0.25, 0.3) is 0 Å². The van der Waals surface area contributed by atoms with Gasteiger partial charge in [0, 0.05) is 18.9 Å². The van der Waals surface area contributed by atoms with E-state index in [9.17, 15) is 13.2 Å². The van der Waals surface area contributed by atoms with Gasteiger partial charge in [-0.05, 0) is 17.7 Å². The van der Waals surface area contributed by atoms with Crippen molar-refractivity contribution < 1.29 is 13.2 Å². The van der Waals surface area contributed by atoms with Gasteiger partial charge in [0.05, 0.1) is 11.8 Å². The monoisotopic (exact) mass is 310 g/mol. The molecule has 0 aliphatic carbocycles. The van der Waals surface area contributed by atoms with Gasteiger partial charge in [-0.2, -0.15) is 18.3 Å². The number of guanidine groups is 1. The number of benzene rings is 1. The Morgan fingerprint density at radius 3 is 2.50 bits per heavy atom. The largest absolute Gasteiger partial charge is 0.416 e. The lowest BCUT2D eigenvalue weighted by Gasteiger charge is -2.08. The van der Waals surface area contributed by atoms with Gasteiger partial charge in [-0.25, -0.2) is 4.98 Å². The summed E-state index contributed by atoms with van der Waals surface area (Å²) in [5, 5.41) is 7.09. The van der Waals surface area contributed by atoms with Crippen molar-refractivity contribution in [2.75, 3.05) is 0 Å². The highest BCUT2D eigenvalue weighted by Gasteiger charge is 2.29. The summed E-state index contributed by atoms with van der Waals surface area (Å²) in [4.78, 5) is 4.05. The predicted octanol–water partition coefficient (Wildman–Crippen LogP) is 1.56. The van der Waals surface area contributed by atoms with E-state index in [1.807, 2.05) is 0 Å². The normalized spacial score (nSPS) is 11.8. The minimum absolute atomic E-state index is 0.183. The number of halogens is 3. The molecule has 0 aliphatic rings. The highest BCUT2D eigenvalue weighted by molar-refractivity contribution is 5.78. The fraction of sp³-hybridized carbons (Fsp3) is 0.154. The molecule has 22 heavy (non-hydrogen) atoms. The van der Waals surface area contributed by atoms with Crippen LogP contribution in [0.5, 0.6) is 0 Å². The third-order valence-corrected chi connectivity index (χ3v) is 2.73. The summed E-state index contributed by atoms with van der Waals surface area (Å²) in [6.45, 7) is 0.349. The molecule has 0 unspecified atom stereocenters. The molecular formula is C13H13F3N6. The topological polar surface area (TPSA) is 94.6 Å². The van der Waals surface area contributed by atoms with Crippen LogP contribution in [0.4, 0.5) is 13.2 Å². The molecule has 6 nitrogen and oxygen atoms in total. The van der Waals surface area contributed by atoms with E-state index in [4.69, 9.17) is 11.5 Å². The second-order valence-corrected chi connectivity index (χ2v) is 4.38. The van der Waals surface area contributed by atoms with E-state index in [-0.39, 0.29) is 5.96 Å². The smallest absolute Gasteiger partial charge is 0.369 e. The molecule has 1 heterocycles. The maximum Gasteiger partial charge on any atom is 0.416 e. The number of aromatic nitrogens is 2. The van der Waals surface area contributed by atoms with Crippen molar-refractivity contribution in [1.82, 2.24) is 9.55 Å². The first kappa shape index (κ1) is 15.5. The molecule has 1 aromatic heterocycles. The molecule has 116 valence electrons. The molecule has 4 N–H and O–H groups in total. The van der Waals surface area contributed by atoms with Crippen LogP contribution in [0.2, 0.25) is 0 Å². The molecular weight excluding hydrogens is 297 g/mol. The van der Waals surface area contributed by atoms with Crippen LogP contribution in [0.3, 0.4) is 0 Å². The molecule has 0 fully saturated rings. The molecule has 9 heteroatoms. The van der Waals surface area contributed by atoms with Crippen molar-refractivity contribution in [2.24, 2.45) is 21.7 Å². The van der Waals surface area contributed by atoms with Crippen molar-refractivity contribution in [3.8, 4) is 0 Å². The van der Waals surface area contributed by atoms with Crippen LogP contribution in [0.25, 0.3) is 0 Å². The molecule has 2 rings (SSSR count). The van der Waals surface area contributed by atoms with Crippen LogP contribution >= 0.6 is 0 Å². The van der Waals surface area contributed by atoms with E-state index in [2.05, 4.69) is 15.2 Å². The summed E-state index contributed by atoms with van der Waals surface area (Å²) >= 11 is 0. The Morgan fingerprint density at radius 1 is 1.23 bits per heavy atom. The molecule has 1 aromatic carbocycles. The van der Waals surface area contributed by atoms with Crippen LogP contribution < -0.4 is 11.5 Å². The highest BCUT2D eigenvalue weighted by atomic mass is 19.4. The zero-order valence-corrected chi connectivity index (χ0v) is 11.3. The molecule has 0 atom stereocenters. The van der Waals surface area contributed by atoms with Gasteiger partial charge in [0.1, 0.15) is 0 Å². The quantitative estimate of drug-likeness (QED) is 0.509.